The summed E-state index contributed by atoms with van der Waals surface area (Å²) in [6.07, 6.45) is 1.18. The van der Waals surface area contributed by atoms with Crippen LogP contribution in [0.1, 0.15) is 22.0 Å². The zero-order valence-electron chi connectivity index (χ0n) is 9.39. The summed E-state index contributed by atoms with van der Waals surface area (Å²) in [5.74, 6) is 0. The van der Waals surface area contributed by atoms with E-state index in [0.29, 0.717) is 6.04 Å². The summed E-state index contributed by atoms with van der Waals surface area (Å²) in [7, 11) is 2.22. The number of benzene rings is 1. The molecule has 0 fully saturated rings. The Hall–Kier alpha value is -1.12. The first-order valence-electron chi connectivity index (χ1n) is 5.68. The zero-order valence-corrected chi connectivity index (χ0v) is 10.2. The summed E-state index contributed by atoms with van der Waals surface area (Å²) in [5.41, 5.74) is 3.00. The third-order valence-corrected chi connectivity index (χ3v) is 4.26. The molecule has 0 bridgehead atoms. The molecule has 1 aromatic carbocycles. The molecule has 2 heteroatoms. The maximum atomic E-state index is 2.45. The van der Waals surface area contributed by atoms with Crippen molar-refractivity contribution in [3.63, 3.8) is 0 Å². The van der Waals surface area contributed by atoms with Crippen LogP contribution in [-0.4, -0.2) is 18.5 Å². The van der Waals surface area contributed by atoms with Gasteiger partial charge in [0.1, 0.15) is 0 Å². The summed E-state index contributed by atoms with van der Waals surface area (Å²) in [4.78, 5) is 3.91. The lowest BCUT2D eigenvalue weighted by Crippen LogP contribution is -2.32. The highest BCUT2D eigenvalue weighted by Crippen LogP contribution is 2.35. The minimum Gasteiger partial charge on any atom is -0.294 e. The van der Waals surface area contributed by atoms with Gasteiger partial charge in [-0.1, -0.05) is 30.3 Å². The maximum Gasteiger partial charge on any atom is 0.0696 e. The number of rotatable bonds is 1. The van der Waals surface area contributed by atoms with Crippen LogP contribution in [0.25, 0.3) is 0 Å². The summed E-state index contributed by atoms with van der Waals surface area (Å²) in [6.45, 7) is 1.15. The molecule has 0 aliphatic carbocycles. The molecule has 82 valence electrons. The number of nitrogens with zero attached hydrogens (tertiary/aromatic N) is 1. The Kier molecular flexibility index (Phi) is 2.54. The molecule has 2 heterocycles. The van der Waals surface area contributed by atoms with E-state index in [1.807, 2.05) is 11.3 Å². The van der Waals surface area contributed by atoms with E-state index in [1.54, 1.807) is 0 Å². The fraction of sp³-hybridized carbons (Fsp3) is 0.286. The summed E-state index contributed by atoms with van der Waals surface area (Å²) >= 11 is 1.86. The van der Waals surface area contributed by atoms with Crippen LogP contribution in [0.3, 0.4) is 0 Å². The zero-order chi connectivity index (χ0) is 11.0. The van der Waals surface area contributed by atoms with Gasteiger partial charge in [0.25, 0.3) is 0 Å². The highest BCUT2D eigenvalue weighted by Gasteiger charge is 2.26. The van der Waals surface area contributed by atoms with Crippen LogP contribution >= 0.6 is 11.3 Å². The van der Waals surface area contributed by atoms with E-state index in [2.05, 4.69) is 53.7 Å². The SMILES string of the molecule is CN1CCc2ccccc2C1c1cccs1. The van der Waals surface area contributed by atoms with Gasteiger partial charge in [-0.25, -0.2) is 0 Å². The molecule has 1 aromatic heterocycles. The van der Waals surface area contributed by atoms with E-state index < -0.39 is 0 Å². The Morgan fingerprint density at radius 3 is 2.88 bits per heavy atom. The van der Waals surface area contributed by atoms with Gasteiger partial charge in [0.2, 0.25) is 0 Å². The van der Waals surface area contributed by atoms with Crippen LogP contribution < -0.4 is 0 Å². The fourth-order valence-electron chi connectivity index (χ4n) is 2.51. The van der Waals surface area contributed by atoms with Crippen molar-refractivity contribution in [1.82, 2.24) is 4.90 Å². The first kappa shape index (κ1) is 10.1. The summed E-state index contributed by atoms with van der Waals surface area (Å²) < 4.78 is 0. The molecule has 16 heavy (non-hydrogen) atoms. The highest BCUT2D eigenvalue weighted by atomic mass is 32.1. The van der Waals surface area contributed by atoms with E-state index in [1.165, 1.54) is 22.4 Å². The molecule has 1 aliphatic heterocycles. The van der Waals surface area contributed by atoms with Gasteiger partial charge in [0.15, 0.2) is 0 Å². The number of hydrogen-bond acceptors (Lipinski definition) is 2. The minimum absolute atomic E-state index is 0.463. The van der Waals surface area contributed by atoms with Crippen LogP contribution in [0.2, 0.25) is 0 Å². The van der Waals surface area contributed by atoms with Crippen molar-refractivity contribution in [3.05, 3.63) is 57.8 Å². The largest absolute Gasteiger partial charge is 0.294 e. The number of hydrogen-bond donors (Lipinski definition) is 0. The van der Waals surface area contributed by atoms with E-state index in [4.69, 9.17) is 0 Å². The van der Waals surface area contributed by atoms with Crippen molar-refractivity contribution in [3.8, 4) is 0 Å². The second kappa shape index (κ2) is 4.04. The molecule has 0 saturated heterocycles. The average molecular weight is 229 g/mol. The Morgan fingerprint density at radius 2 is 2.06 bits per heavy atom. The van der Waals surface area contributed by atoms with Gasteiger partial charge in [-0.3, -0.25) is 4.90 Å². The van der Waals surface area contributed by atoms with Crippen LogP contribution in [-0.2, 0) is 6.42 Å². The van der Waals surface area contributed by atoms with Crippen molar-refractivity contribution in [2.75, 3.05) is 13.6 Å². The van der Waals surface area contributed by atoms with E-state index in [0.717, 1.165) is 6.54 Å². The van der Waals surface area contributed by atoms with Gasteiger partial charge < -0.3 is 0 Å². The number of thiophene rings is 1. The molecule has 1 nitrogen and oxygen atoms in total. The van der Waals surface area contributed by atoms with Gasteiger partial charge in [-0.05, 0) is 36.0 Å². The molecule has 0 N–H and O–H groups in total. The normalized spacial score (nSPS) is 20.7. The fourth-order valence-corrected chi connectivity index (χ4v) is 3.42. The Labute approximate surface area is 100 Å². The molecule has 0 saturated carbocycles. The van der Waals surface area contributed by atoms with E-state index in [9.17, 15) is 0 Å². The molecule has 0 radical (unpaired) electrons. The Morgan fingerprint density at radius 1 is 1.19 bits per heavy atom. The lowest BCUT2D eigenvalue weighted by atomic mass is 9.92. The van der Waals surface area contributed by atoms with E-state index >= 15 is 0 Å². The second-order valence-corrected chi connectivity index (χ2v) is 5.33. The van der Waals surface area contributed by atoms with Crippen LogP contribution in [0.4, 0.5) is 0 Å². The Balaban J connectivity index is 2.10. The quantitative estimate of drug-likeness (QED) is 0.725. The molecule has 1 atom stereocenters. The van der Waals surface area contributed by atoms with Crippen molar-refractivity contribution in [2.45, 2.75) is 12.5 Å². The van der Waals surface area contributed by atoms with Gasteiger partial charge in [0.05, 0.1) is 6.04 Å². The van der Waals surface area contributed by atoms with Crippen LogP contribution in [0.5, 0.6) is 0 Å². The molecular weight excluding hydrogens is 214 g/mol. The van der Waals surface area contributed by atoms with Gasteiger partial charge >= 0.3 is 0 Å². The molecule has 2 aromatic rings. The predicted molar refractivity (Wildman–Crippen MR) is 68.9 cm³/mol. The third kappa shape index (κ3) is 1.58. The van der Waals surface area contributed by atoms with Crippen molar-refractivity contribution in [1.29, 1.82) is 0 Å². The van der Waals surface area contributed by atoms with Crippen LogP contribution in [0, 0.1) is 0 Å². The van der Waals surface area contributed by atoms with E-state index in [-0.39, 0.29) is 0 Å². The molecule has 1 aliphatic rings. The minimum atomic E-state index is 0.463. The first-order valence-corrected chi connectivity index (χ1v) is 6.55. The smallest absolute Gasteiger partial charge is 0.0696 e. The maximum absolute atomic E-state index is 2.45. The van der Waals surface area contributed by atoms with Crippen molar-refractivity contribution in [2.24, 2.45) is 0 Å². The van der Waals surface area contributed by atoms with Crippen molar-refractivity contribution >= 4 is 11.3 Å². The summed E-state index contributed by atoms with van der Waals surface area (Å²) in [5, 5.41) is 2.17. The molecule has 0 amide bonds. The van der Waals surface area contributed by atoms with Gasteiger partial charge in [-0.15, -0.1) is 11.3 Å². The molecule has 0 spiro atoms. The third-order valence-electron chi connectivity index (χ3n) is 3.34. The van der Waals surface area contributed by atoms with Crippen molar-refractivity contribution < 1.29 is 0 Å². The van der Waals surface area contributed by atoms with Gasteiger partial charge in [0, 0.05) is 11.4 Å². The summed E-state index contributed by atoms with van der Waals surface area (Å²) in [6, 6.07) is 13.7. The molecular formula is C14H15NS. The lowest BCUT2D eigenvalue weighted by Gasteiger charge is -2.34. The Bertz CT molecular complexity index is 475. The standard InChI is InChI=1S/C14H15NS/c1-15-9-8-11-5-2-3-6-12(11)14(15)13-7-4-10-16-13/h2-7,10,14H,8-9H2,1H3. The van der Waals surface area contributed by atoms with Gasteiger partial charge in [-0.2, -0.15) is 0 Å². The predicted octanol–water partition coefficient (Wildman–Crippen LogP) is 3.33. The first-order chi connectivity index (χ1) is 7.86. The number of fused-ring (bicyclic) bond motifs is 1. The second-order valence-electron chi connectivity index (χ2n) is 4.35. The average Bonchev–Trinajstić information content (AvgIpc) is 2.82. The topological polar surface area (TPSA) is 3.24 Å². The highest BCUT2D eigenvalue weighted by molar-refractivity contribution is 7.10. The number of likely N-dealkylation sites (N-methyl/N-ethyl adjacent to an activating group) is 1. The molecule has 3 rings (SSSR count). The molecule has 1 unspecified atom stereocenters. The monoisotopic (exact) mass is 229 g/mol. The van der Waals surface area contributed by atoms with Crippen LogP contribution in [0.15, 0.2) is 41.8 Å². The lowest BCUT2D eigenvalue weighted by molar-refractivity contribution is 0.268.